The second-order valence-corrected chi connectivity index (χ2v) is 8.97. The molecule has 32 heavy (non-hydrogen) atoms. The normalized spacial score (nSPS) is 19.0. The number of imidazole rings is 1. The molecule has 1 aromatic carbocycles. The van der Waals surface area contributed by atoms with Crippen molar-refractivity contribution < 1.29 is 5.11 Å². The van der Waals surface area contributed by atoms with E-state index in [2.05, 4.69) is 51.0 Å². The number of aromatic nitrogens is 3. The van der Waals surface area contributed by atoms with E-state index in [-0.39, 0.29) is 12.6 Å². The van der Waals surface area contributed by atoms with Crippen LogP contribution in [0.4, 0.5) is 5.69 Å². The van der Waals surface area contributed by atoms with Crippen molar-refractivity contribution in [2.45, 2.75) is 38.3 Å². The van der Waals surface area contributed by atoms with Crippen LogP contribution >= 0.6 is 0 Å². The van der Waals surface area contributed by atoms with E-state index in [1.54, 1.807) is 0 Å². The predicted molar refractivity (Wildman–Crippen MR) is 128 cm³/mol. The van der Waals surface area contributed by atoms with E-state index < -0.39 is 0 Å². The summed E-state index contributed by atoms with van der Waals surface area (Å²) in [6.45, 7) is 5.87. The third-order valence-corrected chi connectivity index (χ3v) is 6.98. The zero-order chi connectivity index (χ0) is 21.9. The minimum Gasteiger partial charge on any atom is -0.396 e. The number of aliphatic hydroxyl groups excluding tert-OH is 1. The molecule has 2 aliphatic rings. The van der Waals surface area contributed by atoms with Gasteiger partial charge in [-0.2, -0.15) is 0 Å². The highest BCUT2D eigenvalue weighted by Gasteiger charge is 2.28. The Hall–Kier alpha value is -2.48. The van der Waals surface area contributed by atoms with Crippen LogP contribution in [0.15, 0.2) is 36.5 Å². The summed E-state index contributed by atoms with van der Waals surface area (Å²) in [6, 6.07) is 11.0. The van der Waals surface area contributed by atoms with Crippen molar-refractivity contribution in [3.05, 3.63) is 53.6 Å². The van der Waals surface area contributed by atoms with Crippen LogP contribution in [0.25, 0.3) is 11.0 Å². The third-order valence-electron chi connectivity index (χ3n) is 6.98. The smallest absolute Gasteiger partial charge is 0.123 e. The summed E-state index contributed by atoms with van der Waals surface area (Å²) in [5, 5.41) is 13.0. The van der Waals surface area contributed by atoms with Gasteiger partial charge in [0.05, 0.1) is 35.0 Å². The van der Waals surface area contributed by atoms with Gasteiger partial charge in [-0.05, 0) is 49.4 Å². The van der Waals surface area contributed by atoms with E-state index in [0.717, 1.165) is 69.9 Å². The van der Waals surface area contributed by atoms with Crippen LogP contribution in [0.2, 0.25) is 0 Å². The average Bonchev–Trinajstić information content (AvgIpc) is 3.17. The van der Waals surface area contributed by atoms with Crippen molar-refractivity contribution in [3.63, 3.8) is 0 Å². The molecule has 5 rings (SSSR count). The van der Waals surface area contributed by atoms with Crippen LogP contribution in [0, 0.1) is 0 Å². The maximum Gasteiger partial charge on any atom is 0.123 e. The number of hydrogen-bond donors (Lipinski definition) is 2. The summed E-state index contributed by atoms with van der Waals surface area (Å²) in [7, 11) is 2.15. The van der Waals surface area contributed by atoms with Crippen LogP contribution in [0.1, 0.15) is 42.4 Å². The average molecular weight is 435 g/mol. The highest BCUT2D eigenvalue weighted by molar-refractivity contribution is 5.89. The van der Waals surface area contributed by atoms with Gasteiger partial charge in [-0.1, -0.05) is 12.1 Å². The highest BCUT2D eigenvalue weighted by Crippen LogP contribution is 2.34. The van der Waals surface area contributed by atoms with Crippen LogP contribution in [-0.2, 0) is 20.0 Å². The molecule has 2 N–H and O–H groups in total. The Balaban J connectivity index is 1.48. The van der Waals surface area contributed by atoms with E-state index in [4.69, 9.17) is 9.97 Å². The molecule has 0 unspecified atom stereocenters. The van der Waals surface area contributed by atoms with Crippen LogP contribution in [0.5, 0.6) is 0 Å². The molecule has 0 bridgehead atoms. The van der Waals surface area contributed by atoms with E-state index in [0.29, 0.717) is 0 Å². The fraction of sp³-hybridized carbons (Fsp3) is 0.520. The number of nitrogens with one attached hydrogen (secondary N) is 1. The molecule has 7 heteroatoms. The summed E-state index contributed by atoms with van der Waals surface area (Å²) in [5.74, 6) is 1.07. The molecule has 1 atom stereocenters. The van der Waals surface area contributed by atoms with E-state index in [1.165, 1.54) is 28.9 Å². The molecule has 1 aliphatic carbocycles. The van der Waals surface area contributed by atoms with Crippen LogP contribution in [-0.4, -0.2) is 63.9 Å². The quantitative estimate of drug-likeness (QED) is 0.596. The Kier molecular flexibility index (Phi) is 6.39. The number of anilines is 1. The number of benzene rings is 1. The van der Waals surface area contributed by atoms with Gasteiger partial charge in [-0.25, -0.2) is 4.98 Å². The van der Waals surface area contributed by atoms with Crippen molar-refractivity contribution in [2.75, 3.05) is 44.2 Å². The molecule has 0 saturated carbocycles. The molecule has 170 valence electrons. The molecule has 3 heterocycles. The zero-order valence-corrected chi connectivity index (χ0v) is 19.0. The number of pyridine rings is 1. The van der Waals surface area contributed by atoms with Gasteiger partial charge in [-0.3, -0.25) is 9.88 Å². The molecule has 1 aliphatic heterocycles. The molecular formula is C25H34N6O. The maximum atomic E-state index is 9.55. The zero-order valence-electron chi connectivity index (χ0n) is 19.0. The Morgan fingerprint density at radius 1 is 1.19 bits per heavy atom. The maximum absolute atomic E-state index is 9.55. The lowest BCUT2D eigenvalue weighted by atomic mass is 9.90. The topological polar surface area (TPSA) is 69.5 Å². The molecule has 3 aromatic rings. The molecular weight excluding hydrogens is 400 g/mol. The first kappa shape index (κ1) is 21.4. The van der Waals surface area contributed by atoms with Crippen molar-refractivity contribution in [3.8, 4) is 0 Å². The summed E-state index contributed by atoms with van der Waals surface area (Å²) in [4.78, 5) is 14.8. The Morgan fingerprint density at radius 2 is 2.06 bits per heavy atom. The van der Waals surface area contributed by atoms with Crippen molar-refractivity contribution in [1.82, 2.24) is 24.8 Å². The van der Waals surface area contributed by atoms with Gasteiger partial charge in [0.25, 0.3) is 0 Å². The van der Waals surface area contributed by atoms with Crippen molar-refractivity contribution >= 4 is 16.7 Å². The Morgan fingerprint density at radius 3 is 2.91 bits per heavy atom. The van der Waals surface area contributed by atoms with Gasteiger partial charge in [0.15, 0.2) is 0 Å². The first-order chi connectivity index (χ1) is 15.8. The van der Waals surface area contributed by atoms with Crippen molar-refractivity contribution in [1.29, 1.82) is 0 Å². The molecule has 0 spiro atoms. The van der Waals surface area contributed by atoms with Gasteiger partial charge in [0, 0.05) is 52.6 Å². The molecule has 1 fully saturated rings. The standard InChI is InChI=1S/C25H34N6O/c1-29-23(28-20-8-3-10-22(25(20)29)30-15-12-26-13-16-30)18-31(14-5-17-32)21-9-2-6-19-7-4-11-27-24(19)21/h3-4,7-8,10-11,21,26,32H,2,5-6,9,12-18H2,1H3/t21-/m0/s1. The number of piperazine rings is 1. The number of aliphatic hydroxyl groups is 1. The number of para-hydroxylation sites is 1. The molecule has 7 nitrogen and oxygen atoms in total. The molecule has 1 saturated heterocycles. The number of nitrogens with zero attached hydrogens (tertiary/aromatic N) is 5. The minimum atomic E-state index is 0.202. The minimum absolute atomic E-state index is 0.202. The van der Waals surface area contributed by atoms with E-state index >= 15 is 0 Å². The molecule has 0 amide bonds. The fourth-order valence-electron chi connectivity index (χ4n) is 5.34. The second kappa shape index (κ2) is 9.57. The largest absolute Gasteiger partial charge is 0.396 e. The van der Waals surface area contributed by atoms with Gasteiger partial charge in [0.2, 0.25) is 0 Å². The SMILES string of the molecule is Cn1c(CN(CCCO)[C@H]2CCCc3cccnc32)nc2cccc(N3CCNCC3)c21. The van der Waals surface area contributed by atoms with E-state index in [1.807, 2.05) is 12.3 Å². The first-order valence-electron chi connectivity index (χ1n) is 11.9. The van der Waals surface area contributed by atoms with E-state index in [9.17, 15) is 5.11 Å². The second-order valence-electron chi connectivity index (χ2n) is 8.97. The van der Waals surface area contributed by atoms with Gasteiger partial charge in [0.1, 0.15) is 5.82 Å². The number of hydrogen-bond acceptors (Lipinski definition) is 6. The van der Waals surface area contributed by atoms with Crippen molar-refractivity contribution in [2.24, 2.45) is 7.05 Å². The number of rotatable bonds is 7. The Labute approximate surface area is 190 Å². The number of fused-ring (bicyclic) bond motifs is 2. The first-order valence-corrected chi connectivity index (χ1v) is 11.9. The van der Waals surface area contributed by atoms with Gasteiger partial charge in [-0.15, -0.1) is 0 Å². The summed E-state index contributed by atoms with van der Waals surface area (Å²) < 4.78 is 2.28. The summed E-state index contributed by atoms with van der Waals surface area (Å²) in [6.07, 6.45) is 6.05. The lowest BCUT2D eigenvalue weighted by Crippen LogP contribution is -2.43. The Bertz CT molecular complexity index is 1060. The molecule has 0 radical (unpaired) electrons. The van der Waals surface area contributed by atoms with Crippen LogP contribution < -0.4 is 10.2 Å². The summed E-state index contributed by atoms with van der Waals surface area (Å²) >= 11 is 0. The number of aryl methyl sites for hydroxylation is 2. The highest BCUT2D eigenvalue weighted by atomic mass is 16.3. The lowest BCUT2D eigenvalue weighted by Gasteiger charge is -2.34. The van der Waals surface area contributed by atoms with Gasteiger partial charge < -0.3 is 19.9 Å². The van der Waals surface area contributed by atoms with Gasteiger partial charge >= 0.3 is 0 Å². The monoisotopic (exact) mass is 434 g/mol. The molecule has 2 aromatic heterocycles. The van der Waals surface area contributed by atoms with Crippen LogP contribution in [0.3, 0.4) is 0 Å². The fourth-order valence-corrected chi connectivity index (χ4v) is 5.34. The lowest BCUT2D eigenvalue weighted by molar-refractivity contribution is 0.144. The third kappa shape index (κ3) is 4.12. The predicted octanol–water partition coefficient (Wildman–Crippen LogP) is 2.64. The summed E-state index contributed by atoms with van der Waals surface area (Å²) in [5.41, 5.74) is 6.12.